The molecule has 19 heavy (non-hydrogen) atoms. The molecule has 1 aromatic heterocycles. The monoisotopic (exact) mass is 277 g/mol. The third-order valence-electron chi connectivity index (χ3n) is 2.86. The van der Waals surface area contributed by atoms with E-state index in [-0.39, 0.29) is 0 Å². The number of hydrogen-bond acceptors (Lipinski definition) is 4. The van der Waals surface area contributed by atoms with Crippen molar-refractivity contribution in [3.63, 3.8) is 0 Å². The van der Waals surface area contributed by atoms with Crippen LogP contribution < -0.4 is 4.74 Å². The minimum absolute atomic E-state index is 0.299. The van der Waals surface area contributed by atoms with Crippen molar-refractivity contribution in [3.05, 3.63) is 44.9 Å². The summed E-state index contributed by atoms with van der Waals surface area (Å²) in [7, 11) is 0. The number of benzene rings is 1. The van der Waals surface area contributed by atoms with E-state index >= 15 is 0 Å². The number of aromatic nitrogens is 1. The van der Waals surface area contributed by atoms with E-state index in [0.29, 0.717) is 23.5 Å². The lowest BCUT2D eigenvalue weighted by molar-refractivity contribution is 0.0696. The van der Waals surface area contributed by atoms with Crippen molar-refractivity contribution in [2.75, 3.05) is 0 Å². The van der Waals surface area contributed by atoms with Gasteiger partial charge in [-0.1, -0.05) is 0 Å². The molecule has 0 spiro atoms. The Morgan fingerprint density at radius 3 is 2.63 bits per heavy atom. The summed E-state index contributed by atoms with van der Waals surface area (Å²) in [6.07, 6.45) is 0. The normalized spacial score (nSPS) is 10.5. The molecule has 2 aromatic rings. The molecular formula is C14H15NO3S. The Hall–Kier alpha value is -1.88. The number of hydrogen-bond donors (Lipinski definition) is 1. The fourth-order valence-corrected chi connectivity index (χ4v) is 2.56. The Bertz CT molecular complexity index is 600. The molecule has 1 aromatic carbocycles. The van der Waals surface area contributed by atoms with Crippen molar-refractivity contribution in [2.24, 2.45) is 0 Å². The standard InChI is InChI=1S/C14H15NO3S/c1-8-6-11(4-5-12(8)14(16)17)18-7-13-15-9(2)10(3)19-13/h4-6H,7H2,1-3H3,(H,16,17). The first kappa shape index (κ1) is 13.5. The number of aromatic carboxylic acids is 1. The van der Waals surface area contributed by atoms with Crippen molar-refractivity contribution >= 4 is 17.3 Å². The van der Waals surface area contributed by atoms with Crippen LogP contribution in [0.2, 0.25) is 0 Å². The number of thiazole rings is 1. The molecule has 0 aliphatic carbocycles. The van der Waals surface area contributed by atoms with E-state index in [1.165, 1.54) is 4.88 Å². The van der Waals surface area contributed by atoms with E-state index < -0.39 is 5.97 Å². The third kappa shape index (κ3) is 3.12. The van der Waals surface area contributed by atoms with Gasteiger partial charge < -0.3 is 9.84 Å². The Kier molecular flexibility index (Phi) is 3.85. The number of carbonyl (C=O) groups is 1. The number of ether oxygens (including phenoxy) is 1. The van der Waals surface area contributed by atoms with Gasteiger partial charge in [-0.05, 0) is 44.5 Å². The van der Waals surface area contributed by atoms with Gasteiger partial charge in [-0.3, -0.25) is 0 Å². The first-order valence-electron chi connectivity index (χ1n) is 5.87. The molecule has 0 atom stereocenters. The predicted octanol–water partition coefficient (Wildman–Crippen LogP) is 3.35. The molecule has 1 N–H and O–H groups in total. The van der Waals surface area contributed by atoms with E-state index in [2.05, 4.69) is 4.98 Å². The lowest BCUT2D eigenvalue weighted by Gasteiger charge is -2.06. The van der Waals surface area contributed by atoms with Gasteiger partial charge in [-0.15, -0.1) is 11.3 Å². The Morgan fingerprint density at radius 2 is 2.11 bits per heavy atom. The summed E-state index contributed by atoms with van der Waals surface area (Å²) < 4.78 is 5.63. The Morgan fingerprint density at radius 1 is 1.37 bits per heavy atom. The lowest BCUT2D eigenvalue weighted by Crippen LogP contribution is -2.01. The predicted molar refractivity (Wildman–Crippen MR) is 74.1 cm³/mol. The molecule has 4 nitrogen and oxygen atoms in total. The minimum atomic E-state index is -0.921. The zero-order valence-electron chi connectivity index (χ0n) is 11.1. The molecule has 0 amide bonds. The van der Waals surface area contributed by atoms with Gasteiger partial charge in [0, 0.05) is 4.88 Å². The summed E-state index contributed by atoms with van der Waals surface area (Å²) in [6.45, 7) is 6.17. The molecule has 0 saturated heterocycles. The summed E-state index contributed by atoms with van der Waals surface area (Å²) in [5.74, 6) is -0.261. The summed E-state index contributed by atoms with van der Waals surface area (Å²) >= 11 is 1.62. The molecule has 0 unspecified atom stereocenters. The Labute approximate surface area is 115 Å². The van der Waals surface area contributed by atoms with E-state index in [0.717, 1.165) is 10.7 Å². The fourth-order valence-electron chi connectivity index (χ4n) is 1.71. The van der Waals surface area contributed by atoms with Gasteiger partial charge in [-0.2, -0.15) is 0 Å². The molecular weight excluding hydrogens is 262 g/mol. The highest BCUT2D eigenvalue weighted by molar-refractivity contribution is 7.11. The molecule has 100 valence electrons. The maximum atomic E-state index is 10.9. The van der Waals surface area contributed by atoms with Crippen LogP contribution in [0.25, 0.3) is 0 Å². The quantitative estimate of drug-likeness (QED) is 0.931. The number of carboxylic acids is 1. The molecule has 5 heteroatoms. The van der Waals surface area contributed by atoms with Gasteiger partial charge >= 0.3 is 5.97 Å². The molecule has 0 fully saturated rings. The third-order valence-corrected chi connectivity index (χ3v) is 3.91. The molecule has 0 bridgehead atoms. The lowest BCUT2D eigenvalue weighted by atomic mass is 10.1. The molecule has 1 heterocycles. The van der Waals surface area contributed by atoms with Crippen LogP contribution >= 0.6 is 11.3 Å². The molecule has 0 aliphatic heterocycles. The summed E-state index contributed by atoms with van der Waals surface area (Å²) in [5, 5.41) is 9.87. The van der Waals surface area contributed by atoms with Gasteiger partial charge in [0.1, 0.15) is 17.4 Å². The highest BCUT2D eigenvalue weighted by Crippen LogP contribution is 2.21. The zero-order valence-corrected chi connectivity index (χ0v) is 11.9. The van der Waals surface area contributed by atoms with Crippen molar-refractivity contribution < 1.29 is 14.6 Å². The SMILES string of the molecule is Cc1cc(OCc2nc(C)c(C)s2)ccc1C(=O)O. The molecule has 2 rings (SSSR count). The van der Waals surface area contributed by atoms with Crippen LogP contribution in [-0.4, -0.2) is 16.1 Å². The molecule has 0 aliphatic rings. The Balaban J connectivity index is 2.08. The largest absolute Gasteiger partial charge is 0.486 e. The summed E-state index contributed by atoms with van der Waals surface area (Å²) in [6, 6.07) is 4.96. The average Bonchev–Trinajstić information content (AvgIpc) is 2.66. The van der Waals surface area contributed by atoms with Crippen LogP contribution in [0.3, 0.4) is 0 Å². The maximum Gasteiger partial charge on any atom is 0.335 e. The average molecular weight is 277 g/mol. The minimum Gasteiger partial charge on any atom is -0.486 e. The summed E-state index contributed by atoms with van der Waals surface area (Å²) in [4.78, 5) is 16.5. The van der Waals surface area contributed by atoms with E-state index in [1.54, 1.807) is 36.5 Å². The number of rotatable bonds is 4. The fraction of sp³-hybridized carbons (Fsp3) is 0.286. The van der Waals surface area contributed by atoms with Gasteiger partial charge in [0.2, 0.25) is 0 Å². The van der Waals surface area contributed by atoms with Crippen molar-refractivity contribution in [1.82, 2.24) is 4.98 Å². The van der Waals surface area contributed by atoms with Crippen LogP contribution in [0.15, 0.2) is 18.2 Å². The van der Waals surface area contributed by atoms with Crippen molar-refractivity contribution in [2.45, 2.75) is 27.4 Å². The van der Waals surface area contributed by atoms with E-state index in [9.17, 15) is 4.79 Å². The van der Waals surface area contributed by atoms with E-state index in [1.807, 2.05) is 13.8 Å². The topological polar surface area (TPSA) is 59.4 Å². The first-order valence-corrected chi connectivity index (χ1v) is 6.68. The van der Waals surface area contributed by atoms with Crippen molar-refractivity contribution in [1.29, 1.82) is 0 Å². The second-order valence-electron chi connectivity index (χ2n) is 4.32. The molecule has 0 radical (unpaired) electrons. The van der Waals surface area contributed by atoms with Crippen LogP contribution in [0.4, 0.5) is 0 Å². The molecule has 0 saturated carbocycles. The number of aryl methyl sites for hydroxylation is 3. The van der Waals surface area contributed by atoms with Gasteiger partial charge in [0.15, 0.2) is 0 Å². The van der Waals surface area contributed by atoms with Crippen LogP contribution in [0.5, 0.6) is 5.75 Å². The smallest absolute Gasteiger partial charge is 0.335 e. The second kappa shape index (κ2) is 5.40. The van der Waals surface area contributed by atoms with Crippen LogP contribution in [0, 0.1) is 20.8 Å². The second-order valence-corrected chi connectivity index (χ2v) is 5.61. The van der Waals surface area contributed by atoms with Crippen molar-refractivity contribution in [3.8, 4) is 5.75 Å². The maximum absolute atomic E-state index is 10.9. The van der Waals surface area contributed by atoms with Crippen LogP contribution in [0.1, 0.15) is 31.5 Å². The highest BCUT2D eigenvalue weighted by Gasteiger charge is 2.09. The van der Waals surface area contributed by atoms with Crippen LogP contribution in [-0.2, 0) is 6.61 Å². The van der Waals surface area contributed by atoms with Gasteiger partial charge in [0.25, 0.3) is 0 Å². The first-order chi connectivity index (χ1) is 8.97. The van der Waals surface area contributed by atoms with Gasteiger partial charge in [-0.25, -0.2) is 9.78 Å². The summed E-state index contributed by atoms with van der Waals surface area (Å²) in [5.41, 5.74) is 2.02. The van der Waals surface area contributed by atoms with E-state index in [4.69, 9.17) is 9.84 Å². The van der Waals surface area contributed by atoms with Gasteiger partial charge in [0.05, 0.1) is 11.3 Å². The number of carboxylic acid groups (broad SMARTS) is 1. The highest BCUT2D eigenvalue weighted by atomic mass is 32.1. The zero-order chi connectivity index (χ0) is 14.0. The number of nitrogens with zero attached hydrogens (tertiary/aromatic N) is 1.